The SMILES string of the molecule is COc1ccc(NC(=O)[C@@H](NS(=O)(=O)c2ccc3c(c2)oc(=O)n3C)C(C)C)cc1. The molecule has 160 valence electrons. The van der Waals surface area contributed by atoms with Crippen molar-refractivity contribution in [3.05, 3.63) is 53.0 Å². The van der Waals surface area contributed by atoms with Crippen LogP contribution in [0.25, 0.3) is 11.1 Å². The smallest absolute Gasteiger partial charge is 0.419 e. The van der Waals surface area contributed by atoms with Crippen molar-refractivity contribution in [2.45, 2.75) is 24.8 Å². The van der Waals surface area contributed by atoms with Gasteiger partial charge in [-0.3, -0.25) is 9.36 Å². The fraction of sp³-hybridized carbons (Fsp3) is 0.300. The number of amides is 1. The van der Waals surface area contributed by atoms with Gasteiger partial charge in [0.2, 0.25) is 15.9 Å². The van der Waals surface area contributed by atoms with E-state index in [0.717, 1.165) is 0 Å². The summed E-state index contributed by atoms with van der Waals surface area (Å²) < 4.78 is 39.6. The van der Waals surface area contributed by atoms with E-state index in [1.54, 1.807) is 38.1 Å². The zero-order valence-electron chi connectivity index (χ0n) is 17.0. The molecule has 30 heavy (non-hydrogen) atoms. The van der Waals surface area contributed by atoms with Crippen LogP contribution in [0.5, 0.6) is 5.75 Å². The second-order valence-corrected chi connectivity index (χ2v) is 8.83. The molecule has 0 spiro atoms. The van der Waals surface area contributed by atoms with E-state index in [4.69, 9.17) is 9.15 Å². The third-order valence-electron chi connectivity index (χ3n) is 4.66. The van der Waals surface area contributed by atoms with Gasteiger partial charge < -0.3 is 14.5 Å². The van der Waals surface area contributed by atoms with Crippen LogP contribution in [0.3, 0.4) is 0 Å². The van der Waals surface area contributed by atoms with Gasteiger partial charge in [-0.2, -0.15) is 4.72 Å². The number of ether oxygens (including phenoxy) is 1. The van der Waals surface area contributed by atoms with Gasteiger partial charge in [0.15, 0.2) is 5.58 Å². The van der Waals surface area contributed by atoms with Gasteiger partial charge in [-0.1, -0.05) is 13.8 Å². The predicted molar refractivity (Wildman–Crippen MR) is 112 cm³/mol. The Morgan fingerprint density at radius 2 is 1.80 bits per heavy atom. The molecular weight excluding hydrogens is 410 g/mol. The molecular formula is C20H23N3O6S. The first-order valence-electron chi connectivity index (χ1n) is 9.19. The molecule has 2 N–H and O–H groups in total. The molecule has 0 saturated carbocycles. The van der Waals surface area contributed by atoms with Gasteiger partial charge in [0.05, 0.1) is 17.5 Å². The number of oxazole rings is 1. The minimum Gasteiger partial charge on any atom is -0.497 e. The van der Waals surface area contributed by atoms with Crippen LogP contribution in [0.15, 0.2) is 56.6 Å². The third kappa shape index (κ3) is 4.39. The van der Waals surface area contributed by atoms with E-state index in [1.807, 2.05) is 0 Å². The lowest BCUT2D eigenvalue weighted by Crippen LogP contribution is -2.47. The molecule has 0 bridgehead atoms. The molecule has 1 aromatic heterocycles. The Bertz CT molecular complexity index is 1230. The van der Waals surface area contributed by atoms with Crippen molar-refractivity contribution in [2.75, 3.05) is 12.4 Å². The first kappa shape index (κ1) is 21.6. The molecule has 1 atom stereocenters. The largest absolute Gasteiger partial charge is 0.497 e. The Morgan fingerprint density at radius 3 is 2.40 bits per heavy atom. The van der Waals surface area contributed by atoms with Gasteiger partial charge >= 0.3 is 5.76 Å². The summed E-state index contributed by atoms with van der Waals surface area (Å²) >= 11 is 0. The average molecular weight is 433 g/mol. The summed E-state index contributed by atoms with van der Waals surface area (Å²) in [6.07, 6.45) is 0. The second-order valence-electron chi connectivity index (χ2n) is 7.12. The fourth-order valence-electron chi connectivity index (χ4n) is 2.90. The topological polar surface area (TPSA) is 120 Å². The van der Waals surface area contributed by atoms with Gasteiger partial charge in [0.1, 0.15) is 11.8 Å². The zero-order chi connectivity index (χ0) is 22.1. The quantitative estimate of drug-likeness (QED) is 0.589. The predicted octanol–water partition coefficient (Wildman–Crippen LogP) is 2.08. The maximum absolute atomic E-state index is 12.9. The summed E-state index contributed by atoms with van der Waals surface area (Å²) in [6.45, 7) is 3.47. The van der Waals surface area contributed by atoms with E-state index in [0.29, 0.717) is 17.0 Å². The van der Waals surface area contributed by atoms with Crippen molar-refractivity contribution in [1.29, 1.82) is 0 Å². The van der Waals surface area contributed by atoms with E-state index >= 15 is 0 Å². The van der Waals surface area contributed by atoms with Gasteiger partial charge in [0, 0.05) is 18.8 Å². The lowest BCUT2D eigenvalue weighted by atomic mass is 10.0. The molecule has 0 saturated heterocycles. The summed E-state index contributed by atoms with van der Waals surface area (Å²) in [4.78, 5) is 24.3. The summed E-state index contributed by atoms with van der Waals surface area (Å²) in [7, 11) is -0.986. The number of sulfonamides is 1. The van der Waals surface area contributed by atoms with Crippen LogP contribution < -0.4 is 20.5 Å². The van der Waals surface area contributed by atoms with Crippen LogP contribution in [0.2, 0.25) is 0 Å². The maximum atomic E-state index is 12.9. The zero-order valence-corrected chi connectivity index (χ0v) is 17.8. The maximum Gasteiger partial charge on any atom is 0.419 e. The number of carbonyl (C=O) groups is 1. The molecule has 9 nitrogen and oxygen atoms in total. The van der Waals surface area contributed by atoms with Crippen LogP contribution in [0.4, 0.5) is 5.69 Å². The van der Waals surface area contributed by atoms with E-state index < -0.39 is 27.7 Å². The summed E-state index contributed by atoms with van der Waals surface area (Å²) in [5, 5.41) is 2.70. The highest BCUT2D eigenvalue weighted by molar-refractivity contribution is 7.89. The monoisotopic (exact) mass is 433 g/mol. The van der Waals surface area contributed by atoms with Gasteiger partial charge in [-0.25, -0.2) is 13.2 Å². The van der Waals surface area contributed by atoms with Crippen LogP contribution in [-0.2, 0) is 21.9 Å². The highest BCUT2D eigenvalue weighted by atomic mass is 32.2. The van der Waals surface area contributed by atoms with Gasteiger partial charge in [-0.05, 0) is 42.3 Å². The number of hydrogen-bond acceptors (Lipinski definition) is 6. The lowest BCUT2D eigenvalue weighted by Gasteiger charge is -2.21. The molecule has 0 aliphatic heterocycles. The minimum atomic E-state index is -4.05. The Labute approximate surface area is 173 Å². The van der Waals surface area contributed by atoms with Crippen molar-refractivity contribution >= 4 is 32.7 Å². The summed E-state index contributed by atoms with van der Waals surface area (Å²) in [5.74, 6) is -0.772. The van der Waals surface area contributed by atoms with E-state index in [1.165, 1.54) is 36.9 Å². The van der Waals surface area contributed by atoms with Gasteiger partial charge in [0.25, 0.3) is 0 Å². The molecule has 3 rings (SSSR count). The van der Waals surface area contributed by atoms with Crippen molar-refractivity contribution in [3.8, 4) is 5.75 Å². The lowest BCUT2D eigenvalue weighted by molar-refractivity contribution is -0.118. The number of hydrogen-bond donors (Lipinski definition) is 2. The first-order chi connectivity index (χ1) is 14.1. The normalized spacial score (nSPS) is 12.8. The summed E-state index contributed by atoms with van der Waals surface area (Å²) in [5.41, 5.74) is 1.13. The number of anilines is 1. The van der Waals surface area contributed by atoms with Crippen LogP contribution in [0.1, 0.15) is 13.8 Å². The Balaban J connectivity index is 1.83. The number of aryl methyl sites for hydroxylation is 1. The highest BCUT2D eigenvalue weighted by Crippen LogP contribution is 2.20. The fourth-order valence-corrected chi connectivity index (χ4v) is 4.26. The third-order valence-corrected chi connectivity index (χ3v) is 6.10. The number of aromatic nitrogens is 1. The van der Waals surface area contributed by atoms with E-state index in [9.17, 15) is 18.0 Å². The molecule has 0 radical (unpaired) electrons. The Hall–Kier alpha value is -3.11. The molecule has 1 heterocycles. The van der Waals surface area contributed by atoms with Crippen LogP contribution in [0, 0.1) is 5.92 Å². The highest BCUT2D eigenvalue weighted by Gasteiger charge is 2.29. The number of nitrogens with zero attached hydrogens (tertiary/aromatic N) is 1. The molecule has 2 aromatic carbocycles. The molecule has 3 aromatic rings. The average Bonchev–Trinajstić information content (AvgIpc) is 2.99. The molecule has 0 fully saturated rings. The number of benzene rings is 2. The van der Waals surface area contributed by atoms with Crippen molar-refractivity contribution in [1.82, 2.24) is 9.29 Å². The van der Waals surface area contributed by atoms with Crippen molar-refractivity contribution < 1.29 is 22.4 Å². The van der Waals surface area contributed by atoms with E-state index in [2.05, 4.69) is 10.0 Å². The molecule has 0 unspecified atom stereocenters. The Morgan fingerprint density at radius 1 is 1.13 bits per heavy atom. The molecule has 10 heteroatoms. The molecule has 0 aliphatic carbocycles. The number of fused-ring (bicyclic) bond motifs is 1. The molecule has 1 amide bonds. The van der Waals surface area contributed by atoms with Crippen LogP contribution in [-0.4, -0.2) is 32.0 Å². The molecule has 0 aliphatic rings. The summed E-state index contributed by atoms with van der Waals surface area (Å²) in [6, 6.07) is 9.78. The van der Waals surface area contributed by atoms with Gasteiger partial charge in [-0.15, -0.1) is 0 Å². The first-order valence-corrected chi connectivity index (χ1v) is 10.7. The number of nitrogens with one attached hydrogen (secondary N) is 2. The second kappa shape index (κ2) is 8.33. The van der Waals surface area contributed by atoms with Crippen LogP contribution >= 0.6 is 0 Å². The van der Waals surface area contributed by atoms with Crippen molar-refractivity contribution in [2.24, 2.45) is 13.0 Å². The minimum absolute atomic E-state index is 0.104. The van der Waals surface area contributed by atoms with E-state index in [-0.39, 0.29) is 16.4 Å². The van der Waals surface area contributed by atoms with Crippen molar-refractivity contribution in [3.63, 3.8) is 0 Å². The standard InChI is InChI=1S/C20H23N3O6S/c1-12(2)18(19(24)21-13-5-7-14(28-4)8-6-13)22-30(26,27)15-9-10-16-17(11-15)29-20(25)23(16)3/h5-12,18,22H,1-4H3,(H,21,24)/t18-/m0/s1. The number of rotatable bonds is 7. The Kier molecular flexibility index (Phi) is 5.99. The number of carbonyl (C=O) groups excluding carboxylic acids is 1. The number of methoxy groups -OCH3 is 1.